The van der Waals surface area contributed by atoms with Crippen LogP contribution in [0, 0.1) is 5.92 Å². The molecule has 1 saturated heterocycles. The Morgan fingerprint density at radius 3 is 2.71 bits per heavy atom. The van der Waals surface area contributed by atoms with E-state index in [2.05, 4.69) is 37.8 Å². The second-order valence-corrected chi connectivity index (χ2v) is 7.88. The van der Waals surface area contributed by atoms with Crippen LogP contribution in [-0.4, -0.2) is 47.5 Å². The summed E-state index contributed by atoms with van der Waals surface area (Å²) in [5, 5.41) is 10.3. The standard InChI is InChI=1S/C20H30N6S.HI/c1-3-19-25-18(15-27-19)14-26-10-7-16(8-11-26)12-23-20(21-2)24-13-17-6-4-5-9-22-17;/h4-6,9,15-16H,3,7-8,10-14H2,1-2H3,(H2,21,23,24);1H. The van der Waals surface area contributed by atoms with Crippen LogP contribution < -0.4 is 10.6 Å². The molecule has 3 rings (SSSR count). The van der Waals surface area contributed by atoms with Gasteiger partial charge in [-0.2, -0.15) is 0 Å². The molecule has 6 nitrogen and oxygen atoms in total. The number of pyridine rings is 1. The zero-order chi connectivity index (χ0) is 18.9. The third-order valence-electron chi connectivity index (χ3n) is 4.94. The first-order valence-electron chi connectivity index (χ1n) is 9.77. The molecule has 0 saturated carbocycles. The van der Waals surface area contributed by atoms with E-state index in [1.54, 1.807) is 11.3 Å². The summed E-state index contributed by atoms with van der Waals surface area (Å²) in [5.41, 5.74) is 2.24. The molecule has 3 heterocycles. The minimum Gasteiger partial charge on any atom is -0.356 e. The number of piperidine rings is 1. The monoisotopic (exact) mass is 514 g/mol. The van der Waals surface area contributed by atoms with Gasteiger partial charge in [0, 0.05) is 31.7 Å². The number of hydrogen-bond acceptors (Lipinski definition) is 5. The van der Waals surface area contributed by atoms with Gasteiger partial charge in [-0.15, -0.1) is 35.3 Å². The van der Waals surface area contributed by atoms with Crippen LogP contribution in [0.15, 0.2) is 34.8 Å². The van der Waals surface area contributed by atoms with E-state index in [9.17, 15) is 0 Å². The van der Waals surface area contributed by atoms with Crippen LogP contribution >= 0.6 is 35.3 Å². The molecule has 8 heteroatoms. The lowest BCUT2D eigenvalue weighted by Crippen LogP contribution is -2.42. The lowest BCUT2D eigenvalue weighted by atomic mass is 9.97. The Hall–Kier alpha value is -1.26. The SMILES string of the molecule is CCc1nc(CN2CCC(CNC(=NC)NCc3ccccn3)CC2)cs1.I. The minimum absolute atomic E-state index is 0. The first-order chi connectivity index (χ1) is 13.3. The van der Waals surface area contributed by atoms with Crippen molar-refractivity contribution in [1.82, 2.24) is 25.5 Å². The summed E-state index contributed by atoms with van der Waals surface area (Å²) < 4.78 is 0. The van der Waals surface area contributed by atoms with Crippen molar-refractivity contribution in [3.63, 3.8) is 0 Å². The Bertz CT molecular complexity index is 712. The first kappa shape index (κ1) is 23.0. The molecule has 1 aliphatic rings. The molecule has 154 valence electrons. The van der Waals surface area contributed by atoms with Gasteiger partial charge in [0.25, 0.3) is 0 Å². The minimum atomic E-state index is 0. The van der Waals surface area contributed by atoms with Gasteiger partial charge in [-0.1, -0.05) is 13.0 Å². The van der Waals surface area contributed by atoms with Gasteiger partial charge < -0.3 is 10.6 Å². The molecule has 0 aromatic carbocycles. The van der Waals surface area contributed by atoms with E-state index in [1.807, 2.05) is 31.4 Å². The molecule has 0 bridgehead atoms. The Labute approximate surface area is 189 Å². The van der Waals surface area contributed by atoms with Crippen molar-refractivity contribution in [3.8, 4) is 0 Å². The largest absolute Gasteiger partial charge is 0.356 e. The number of rotatable bonds is 7. The number of halogens is 1. The number of guanidine groups is 1. The highest BCUT2D eigenvalue weighted by molar-refractivity contribution is 14.0. The molecular formula is C20H31IN6S. The van der Waals surface area contributed by atoms with Gasteiger partial charge in [-0.3, -0.25) is 14.9 Å². The van der Waals surface area contributed by atoms with Crippen molar-refractivity contribution in [2.75, 3.05) is 26.7 Å². The number of nitrogens with zero attached hydrogens (tertiary/aromatic N) is 4. The van der Waals surface area contributed by atoms with Crippen molar-refractivity contribution in [1.29, 1.82) is 0 Å². The van der Waals surface area contributed by atoms with E-state index in [0.29, 0.717) is 12.5 Å². The second kappa shape index (κ2) is 12.3. The van der Waals surface area contributed by atoms with Gasteiger partial charge >= 0.3 is 0 Å². The molecule has 0 amide bonds. The summed E-state index contributed by atoms with van der Waals surface area (Å²) in [6, 6.07) is 5.95. The fourth-order valence-electron chi connectivity index (χ4n) is 3.30. The van der Waals surface area contributed by atoms with Crippen LogP contribution in [0.4, 0.5) is 0 Å². The van der Waals surface area contributed by atoms with Crippen LogP contribution in [0.1, 0.15) is 36.2 Å². The molecule has 0 radical (unpaired) electrons. The van der Waals surface area contributed by atoms with E-state index < -0.39 is 0 Å². The quantitative estimate of drug-likeness (QED) is 0.337. The predicted molar refractivity (Wildman–Crippen MR) is 127 cm³/mol. The number of thiazole rings is 1. The zero-order valence-electron chi connectivity index (χ0n) is 16.7. The summed E-state index contributed by atoms with van der Waals surface area (Å²) in [6.07, 6.45) is 5.29. The van der Waals surface area contributed by atoms with Crippen molar-refractivity contribution >= 4 is 41.3 Å². The van der Waals surface area contributed by atoms with Crippen LogP contribution in [0.3, 0.4) is 0 Å². The zero-order valence-corrected chi connectivity index (χ0v) is 19.9. The molecular weight excluding hydrogens is 483 g/mol. The number of hydrogen-bond donors (Lipinski definition) is 2. The molecule has 28 heavy (non-hydrogen) atoms. The molecule has 1 aliphatic heterocycles. The molecule has 0 unspecified atom stereocenters. The van der Waals surface area contributed by atoms with E-state index in [4.69, 9.17) is 4.98 Å². The van der Waals surface area contributed by atoms with E-state index in [1.165, 1.54) is 23.5 Å². The third kappa shape index (κ3) is 7.29. The second-order valence-electron chi connectivity index (χ2n) is 6.93. The lowest BCUT2D eigenvalue weighted by molar-refractivity contribution is 0.176. The third-order valence-corrected chi connectivity index (χ3v) is 5.98. The number of nitrogens with one attached hydrogen (secondary N) is 2. The van der Waals surface area contributed by atoms with Crippen LogP contribution in [0.2, 0.25) is 0 Å². The Morgan fingerprint density at radius 1 is 1.25 bits per heavy atom. The number of aliphatic imine (C=N–C) groups is 1. The van der Waals surface area contributed by atoms with Gasteiger partial charge in [0.1, 0.15) is 0 Å². The highest BCUT2D eigenvalue weighted by atomic mass is 127. The number of aryl methyl sites for hydroxylation is 1. The number of likely N-dealkylation sites (tertiary alicyclic amines) is 1. The smallest absolute Gasteiger partial charge is 0.191 e. The summed E-state index contributed by atoms with van der Waals surface area (Å²) >= 11 is 1.78. The Balaban J connectivity index is 0.00000280. The maximum atomic E-state index is 4.69. The normalized spacial score (nSPS) is 15.9. The summed E-state index contributed by atoms with van der Waals surface area (Å²) in [5.74, 6) is 1.54. The van der Waals surface area contributed by atoms with Crippen molar-refractivity contribution in [3.05, 3.63) is 46.2 Å². The van der Waals surface area contributed by atoms with Gasteiger partial charge in [0.2, 0.25) is 0 Å². The topological polar surface area (TPSA) is 65.4 Å². The maximum absolute atomic E-state index is 4.69. The Morgan fingerprint density at radius 2 is 2.07 bits per heavy atom. The van der Waals surface area contributed by atoms with Crippen molar-refractivity contribution in [2.24, 2.45) is 10.9 Å². The van der Waals surface area contributed by atoms with Gasteiger partial charge in [-0.05, 0) is 50.4 Å². The average Bonchev–Trinajstić information content (AvgIpc) is 3.17. The first-order valence-corrected chi connectivity index (χ1v) is 10.6. The van der Waals surface area contributed by atoms with Crippen LogP contribution in [-0.2, 0) is 19.5 Å². The summed E-state index contributed by atoms with van der Waals surface area (Å²) in [7, 11) is 1.81. The molecule has 0 aliphatic carbocycles. The predicted octanol–water partition coefficient (Wildman–Crippen LogP) is 3.30. The average molecular weight is 514 g/mol. The number of aromatic nitrogens is 2. The molecule has 2 aromatic rings. The maximum Gasteiger partial charge on any atom is 0.191 e. The van der Waals surface area contributed by atoms with Gasteiger partial charge in [0.05, 0.1) is 22.9 Å². The summed E-state index contributed by atoms with van der Waals surface area (Å²) in [4.78, 5) is 15.9. The molecule has 1 fully saturated rings. The summed E-state index contributed by atoms with van der Waals surface area (Å²) in [6.45, 7) is 7.10. The molecule has 0 spiro atoms. The van der Waals surface area contributed by atoms with E-state index in [0.717, 1.165) is 44.3 Å². The molecule has 2 aromatic heterocycles. The fourth-order valence-corrected chi connectivity index (χ4v) is 4.04. The van der Waals surface area contributed by atoms with Gasteiger partial charge in [-0.25, -0.2) is 4.98 Å². The van der Waals surface area contributed by atoms with Crippen molar-refractivity contribution in [2.45, 2.75) is 39.3 Å². The molecule has 0 atom stereocenters. The van der Waals surface area contributed by atoms with Crippen molar-refractivity contribution < 1.29 is 0 Å². The highest BCUT2D eigenvalue weighted by Gasteiger charge is 2.20. The highest BCUT2D eigenvalue weighted by Crippen LogP contribution is 2.19. The van der Waals surface area contributed by atoms with E-state index in [-0.39, 0.29) is 24.0 Å². The fraction of sp³-hybridized carbons (Fsp3) is 0.550. The Kier molecular flexibility index (Phi) is 10.1. The lowest BCUT2D eigenvalue weighted by Gasteiger charge is -2.31. The van der Waals surface area contributed by atoms with E-state index >= 15 is 0 Å². The van der Waals surface area contributed by atoms with Crippen LogP contribution in [0.5, 0.6) is 0 Å². The molecule has 2 N–H and O–H groups in total. The van der Waals surface area contributed by atoms with Crippen LogP contribution in [0.25, 0.3) is 0 Å². The van der Waals surface area contributed by atoms with Gasteiger partial charge in [0.15, 0.2) is 5.96 Å².